The number of oxime groups is 1. The quantitative estimate of drug-likeness (QED) is 0.452. The molecule has 0 saturated heterocycles. The van der Waals surface area contributed by atoms with Crippen molar-refractivity contribution in [1.29, 1.82) is 5.26 Å². The van der Waals surface area contributed by atoms with Gasteiger partial charge in [0.05, 0.1) is 30.0 Å². The summed E-state index contributed by atoms with van der Waals surface area (Å²) in [6.45, 7) is 1.72. The molecule has 88 valence electrons. The van der Waals surface area contributed by atoms with E-state index >= 15 is 0 Å². The zero-order valence-electron chi connectivity index (χ0n) is 9.85. The predicted octanol–water partition coefficient (Wildman–Crippen LogP) is 1.72. The summed E-state index contributed by atoms with van der Waals surface area (Å²) in [5.41, 5.74) is 1.88. The minimum absolute atomic E-state index is 0.331. The molecule has 0 aliphatic heterocycles. The van der Waals surface area contributed by atoms with Crippen molar-refractivity contribution in [1.82, 2.24) is 0 Å². The van der Waals surface area contributed by atoms with Crippen molar-refractivity contribution in [2.24, 2.45) is 5.16 Å². The Balaban J connectivity index is 3.25. The lowest BCUT2D eigenvalue weighted by Crippen LogP contribution is -2.05. The third-order valence-electron chi connectivity index (χ3n) is 2.18. The van der Waals surface area contributed by atoms with Crippen molar-refractivity contribution in [3.63, 3.8) is 0 Å². The average molecular weight is 232 g/mol. The van der Waals surface area contributed by atoms with Crippen LogP contribution in [0.15, 0.2) is 23.4 Å². The summed E-state index contributed by atoms with van der Waals surface area (Å²) in [4.78, 5) is 15.9. The van der Waals surface area contributed by atoms with Crippen molar-refractivity contribution in [2.45, 2.75) is 6.92 Å². The Labute approximate surface area is 99.3 Å². The molecule has 0 unspecified atom stereocenters. The van der Waals surface area contributed by atoms with Crippen LogP contribution in [0.25, 0.3) is 0 Å². The van der Waals surface area contributed by atoms with E-state index in [1.165, 1.54) is 20.3 Å². The first-order chi connectivity index (χ1) is 8.13. The Hall–Kier alpha value is -2.35. The molecule has 1 rings (SSSR count). The molecule has 0 spiro atoms. The highest BCUT2D eigenvalue weighted by Crippen LogP contribution is 2.13. The number of rotatable bonds is 3. The van der Waals surface area contributed by atoms with E-state index in [0.717, 1.165) is 0 Å². The molecule has 17 heavy (non-hydrogen) atoms. The van der Waals surface area contributed by atoms with Crippen LogP contribution in [0, 0.1) is 11.3 Å². The minimum Gasteiger partial charge on any atom is -0.465 e. The Bertz CT molecular complexity index is 501. The van der Waals surface area contributed by atoms with Gasteiger partial charge in [0.1, 0.15) is 7.11 Å². The molecule has 5 heteroatoms. The van der Waals surface area contributed by atoms with Gasteiger partial charge in [-0.3, -0.25) is 0 Å². The number of nitriles is 1. The fourth-order valence-corrected chi connectivity index (χ4v) is 1.38. The maximum absolute atomic E-state index is 11.3. The average Bonchev–Trinajstić information content (AvgIpc) is 2.37. The number of nitrogens with zero attached hydrogens (tertiary/aromatic N) is 2. The lowest BCUT2D eigenvalue weighted by Gasteiger charge is -2.05. The van der Waals surface area contributed by atoms with E-state index in [1.807, 2.05) is 6.07 Å². The van der Waals surface area contributed by atoms with Crippen LogP contribution < -0.4 is 0 Å². The summed E-state index contributed by atoms with van der Waals surface area (Å²) < 4.78 is 4.58. The molecule has 0 aliphatic rings. The van der Waals surface area contributed by atoms with Crippen molar-refractivity contribution >= 4 is 11.7 Å². The molecule has 0 amide bonds. The number of carbonyl (C=O) groups is 1. The number of hydrogen-bond acceptors (Lipinski definition) is 5. The first-order valence-electron chi connectivity index (χ1n) is 4.84. The van der Waals surface area contributed by atoms with Gasteiger partial charge in [0, 0.05) is 5.56 Å². The van der Waals surface area contributed by atoms with E-state index in [9.17, 15) is 4.79 Å². The van der Waals surface area contributed by atoms with E-state index in [1.54, 1.807) is 19.1 Å². The van der Waals surface area contributed by atoms with Gasteiger partial charge in [0.25, 0.3) is 0 Å². The summed E-state index contributed by atoms with van der Waals surface area (Å²) >= 11 is 0. The molecular weight excluding hydrogens is 220 g/mol. The third kappa shape index (κ3) is 2.82. The fourth-order valence-electron chi connectivity index (χ4n) is 1.38. The highest BCUT2D eigenvalue weighted by atomic mass is 16.6. The van der Waals surface area contributed by atoms with Gasteiger partial charge in [-0.1, -0.05) is 11.2 Å². The minimum atomic E-state index is -0.477. The van der Waals surface area contributed by atoms with Crippen LogP contribution >= 0.6 is 0 Å². The highest BCUT2D eigenvalue weighted by molar-refractivity contribution is 6.01. The number of methoxy groups -OCH3 is 1. The van der Waals surface area contributed by atoms with Gasteiger partial charge >= 0.3 is 5.97 Å². The third-order valence-corrected chi connectivity index (χ3v) is 2.18. The smallest absolute Gasteiger partial charge is 0.337 e. The number of ether oxygens (including phenoxy) is 1. The van der Waals surface area contributed by atoms with Crippen molar-refractivity contribution < 1.29 is 14.4 Å². The van der Waals surface area contributed by atoms with Crippen LogP contribution in [-0.2, 0) is 9.57 Å². The summed E-state index contributed by atoms with van der Waals surface area (Å²) in [5, 5.41) is 12.8. The Kier molecular flexibility index (Phi) is 4.23. The standard InChI is InChI=1S/C12H12N2O3/c1-8(14-17-3)11-5-4-9(12(15)16-2)6-10(11)7-13/h4-6H,1-3H3/b14-8+. The van der Waals surface area contributed by atoms with Crippen molar-refractivity contribution in [3.8, 4) is 6.07 Å². The molecule has 0 atom stereocenters. The van der Waals surface area contributed by atoms with Crippen molar-refractivity contribution in [3.05, 3.63) is 34.9 Å². The SMILES string of the molecule is CO/N=C(\C)c1ccc(C(=O)OC)cc1C#N. The Morgan fingerprint density at radius 2 is 2.12 bits per heavy atom. The van der Waals surface area contributed by atoms with Gasteiger partial charge in [-0.2, -0.15) is 5.26 Å². The maximum atomic E-state index is 11.3. The van der Waals surface area contributed by atoms with Gasteiger partial charge in [0.15, 0.2) is 0 Å². The zero-order chi connectivity index (χ0) is 12.8. The van der Waals surface area contributed by atoms with Crippen LogP contribution in [0.2, 0.25) is 0 Å². The number of carbonyl (C=O) groups excluding carboxylic acids is 1. The molecule has 0 saturated carbocycles. The number of hydrogen-bond donors (Lipinski definition) is 0. The number of esters is 1. The molecule has 1 aromatic carbocycles. The predicted molar refractivity (Wildman–Crippen MR) is 61.7 cm³/mol. The summed E-state index contributed by atoms with van der Waals surface area (Å²) in [6, 6.07) is 6.70. The molecule has 1 aromatic rings. The van der Waals surface area contributed by atoms with E-state index in [0.29, 0.717) is 22.4 Å². The topological polar surface area (TPSA) is 71.7 Å². The molecule has 0 bridgehead atoms. The van der Waals surface area contributed by atoms with E-state index in [2.05, 4.69) is 14.7 Å². The van der Waals surface area contributed by atoms with Gasteiger partial charge in [-0.05, 0) is 19.1 Å². The highest BCUT2D eigenvalue weighted by Gasteiger charge is 2.11. The zero-order valence-corrected chi connectivity index (χ0v) is 9.85. The Morgan fingerprint density at radius 3 is 2.65 bits per heavy atom. The molecule has 0 aliphatic carbocycles. The van der Waals surface area contributed by atoms with Gasteiger partial charge < -0.3 is 9.57 Å². The molecule has 0 fully saturated rings. The lowest BCUT2D eigenvalue weighted by atomic mass is 10.0. The second-order valence-corrected chi connectivity index (χ2v) is 3.22. The van der Waals surface area contributed by atoms with Crippen LogP contribution in [0.5, 0.6) is 0 Å². The summed E-state index contributed by atoms with van der Waals surface area (Å²) in [6.07, 6.45) is 0. The second-order valence-electron chi connectivity index (χ2n) is 3.22. The van der Waals surface area contributed by atoms with E-state index < -0.39 is 5.97 Å². The van der Waals surface area contributed by atoms with Crippen LogP contribution in [0.4, 0.5) is 0 Å². The van der Waals surface area contributed by atoms with E-state index in [4.69, 9.17) is 5.26 Å². The maximum Gasteiger partial charge on any atom is 0.337 e. The van der Waals surface area contributed by atoms with E-state index in [-0.39, 0.29) is 0 Å². The lowest BCUT2D eigenvalue weighted by molar-refractivity contribution is 0.0600. The van der Waals surface area contributed by atoms with Crippen molar-refractivity contribution in [2.75, 3.05) is 14.2 Å². The first-order valence-corrected chi connectivity index (χ1v) is 4.84. The molecule has 0 heterocycles. The van der Waals surface area contributed by atoms with Gasteiger partial charge in [-0.25, -0.2) is 4.79 Å². The molecule has 0 radical (unpaired) electrons. The largest absolute Gasteiger partial charge is 0.465 e. The molecular formula is C12H12N2O3. The monoisotopic (exact) mass is 232 g/mol. The fraction of sp³-hybridized carbons (Fsp3) is 0.250. The molecule has 0 N–H and O–H groups in total. The van der Waals surface area contributed by atoms with Gasteiger partial charge in [0.2, 0.25) is 0 Å². The summed E-state index contributed by atoms with van der Waals surface area (Å²) in [5.74, 6) is -0.477. The first kappa shape index (κ1) is 12.7. The van der Waals surface area contributed by atoms with Crippen LogP contribution in [-0.4, -0.2) is 25.9 Å². The second kappa shape index (κ2) is 5.66. The van der Waals surface area contributed by atoms with Crippen LogP contribution in [0.3, 0.4) is 0 Å². The Morgan fingerprint density at radius 1 is 1.41 bits per heavy atom. The molecule has 0 aromatic heterocycles. The van der Waals surface area contributed by atoms with Gasteiger partial charge in [-0.15, -0.1) is 0 Å². The molecule has 5 nitrogen and oxygen atoms in total. The van der Waals surface area contributed by atoms with Crippen LogP contribution in [0.1, 0.15) is 28.4 Å². The summed E-state index contributed by atoms with van der Waals surface area (Å²) in [7, 11) is 2.72. The normalized spacial score (nSPS) is 10.6. The number of benzene rings is 1.